The molecule has 5 nitrogen and oxygen atoms in total. The Morgan fingerprint density at radius 1 is 1.52 bits per heavy atom. The molecule has 1 aromatic heterocycles. The van der Waals surface area contributed by atoms with Gasteiger partial charge in [0.05, 0.1) is 19.8 Å². The number of carbonyl (C=O) groups is 1. The molecular formula is C16H20N2O3. The Bertz CT molecular complexity index is 646. The first kappa shape index (κ1) is 13.9. The Hall–Kier alpha value is -2.01. The van der Waals surface area contributed by atoms with Crippen molar-refractivity contribution in [1.82, 2.24) is 5.32 Å². The van der Waals surface area contributed by atoms with Gasteiger partial charge in [-0.2, -0.15) is 0 Å². The molecule has 1 unspecified atom stereocenters. The van der Waals surface area contributed by atoms with Crippen molar-refractivity contribution < 1.29 is 13.9 Å². The topological polar surface area (TPSA) is 77.5 Å². The van der Waals surface area contributed by atoms with Crippen LogP contribution in [-0.2, 0) is 11.2 Å². The zero-order valence-electron chi connectivity index (χ0n) is 12.1. The normalized spacial score (nSPS) is 15.9. The van der Waals surface area contributed by atoms with Gasteiger partial charge in [0.2, 0.25) is 5.91 Å². The second kappa shape index (κ2) is 5.77. The summed E-state index contributed by atoms with van der Waals surface area (Å²) in [4.78, 5) is 12.0. The zero-order valence-corrected chi connectivity index (χ0v) is 12.1. The van der Waals surface area contributed by atoms with Crippen LogP contribution in [-0.4, -0.2) is 25.6 Å². The van der Waals surface area contributed by atoms with Gasteiger partial charge in [0, 0.05) is 29.6 Å². The summed E-state index contributed by atoms with van der Waals surface area (Å²) in [5.41, 5.74) is 7.58. The summed E-state index contributed by atoms with van der Waals surface area (Å²) in [6, 6.07) is 5.68. The van der Waals surface area contributed by atoms with Gasteiger partial charge in [-0.15, -0.1) is 0 Å². The van der Waals surface area contributed by atoms with Crippen LogP contribution in [0, 0.1) is 5.92 Å². The van der Waals surface area contributed by atoms with Gasteiger partial charge in [-0.3, -0.25) is 4.79 Å². The summed E-state index contributed by atoms with van der Waals surface area (Å²) >= 11 is 0. The van der Waals surface area contributed by atoms with E-state index in [1.807, 2.05) is 18.2 Å². The molecule has 3 N–H and O–H groups in total. The molecule has 1 fully saturated rings. The van der Waals surface area contributed by atoms with Crippen molar-refractivity contribution in [3.05, 3.63) is 30.0 Å². The third-order valence-corrected chi connectivity index (χ3v) is 3.98. The first-order valence-electron chi connectivity index (χ1n) is 7.24. The highest BCUT2D eigenvalue weighted by Crippen LogP contribution is 2.31. The van der Waals surface area contributed by atoms with E-state index in [1.54, 1.807) is 13.4 Å². The van der Waals surface area contributed by atoms with Crippen LogP contribution in [0.5, 0.6) is 5.75 Å². The lowest BCUT2D eigenvalue weighted by Gasteiger charge is -2.11. The van der Waals surface area contributed by atoms with E-state index in [0.717, 1.165) is 22.3 Å². The van der Waals surface area contributed by atoms with Gasteiger partial charge in [-0.1, -0.05) is 0 Å². The number of benzene rings is 1. The number of ether oxygens (including phenoxy) is 1. The molecule has 5 heteroatoms. The Labute approximate surface area is 123 Å². The Balaban J connectivity index is 1.62. The lowest BCUT2D eigenvalue weighted by Crippen LogP contribution is -2.39. The second-order valence-corrected chi connectivity index (χ2v) is 5.61. The molecule has 3 rings (SSSR count). The summed E-state index contributed by atoms with van der Waals surface area (Å²) in [5, 5.41) is 3.84. The van der Waals surface area contributed by atoms with Crippen LogP contribution in [0.1, 0.15) is 18.4 Å². The summed E-state index contributed by atoms with van der Waals surface area (Å²) in [7, 11) is 1.61. The fourth-order valence-corrected chi connectivity index (χ4v) is 2.49. The quantitative estimate of drug-likeness (QED) is 0.850. The van der Waals surface area contributed by atoms with Crippen molar-refractivity contribution in [1.29, 1.82) is 0 Å². The van der Waals surface area contributed by atoms with Crippen molar-refractivity contribution in [3.8, 4) is 5.75 Å². The number of hydrogen-bond acceptors (Lipinski definition) is 4. The molecule has 0 saturated heterocycles. The molecule has 1 aliphatic carbocycles. The van der Waals surface area contributed by atoms with E-state index in [0.29, 0.717) is 18.9 Å². The largest absolute Gasteiger partial charge is 0.497 e. The smallest absolute Gasteiger partial charge is 0.224 e. The number of nitrogens with one attached hydrogen (secondary N) is 1. The van der Waals surface area contributed by atoms with Crippen molar-refractivity contribution in [3.63, 3.8) is 0 Å². The molecule has 1 saturated carbocycles. The lowest BCUT2D eigenvalue weighted by molar-refractivity contribution is -0.120. The molecule has 2 aromatic rings. The maximum absolute atomic E-state index is 12.0. The Kier molecular flexibility index (Phi) is 3.84. The van der Waals surface area contributed by atoms with E-state index in [4.69, 9.17) is 14.9 Å². The first-order valence-corrected chi connectivity index (χ1v) is 7.24. The summed E-state index contributed by atoms with van der Waals surface area (Å²) in [6.45, 7) is 0.549. The molecule has 1 atom stereocenters. The van der Waals surface area contributed by atoms with E-state index in [2.05, 4.69) is 5.32 Å². The molecule has 0 aliphatic heterocycles. The number of hydrogen-bond donors (Lipinski definition) is 2. The standard InChI is InChI=1S/C16H20N2O3/c1-20-12-4-5-13-11(9-21-15(13)7-12)6-16(19)18-8-14(17)10-2-3-10/h4-5,7,9-10,14H,2-3,6,8,17H2,1H3,(H,18,19). The van der Waals surface area contributed by atoms with Crippen molar-refractivity contribution in [2.24, 2.45) is 11.7 Å². The lowest BCUT2D eigenvalue weighted by atomic mass is 10.1. The number of fused-ring (bicyclic) bond motifs is 1. The average Bonchev–Trinajstić information content (AvgIpc) is 3.28. The number of rotatable bonds is 6. The molecule has 1 amide bonds. The molecule has 0 radical (unpaired) electrons. The molecule has 1 aliphatic rings. The van der Waals surface area contributed by atoms with Crippen LogP contribution in [0.4, 0.5) is 0 Å². The molecule has 1 heterocycles. The second-order valence-electron chi connectivity index (χ2n) is 5.61. The third-order valence-electron chi connectivity index (χ3n) is 3.98. The molecule has 112 valence electrons. The molecular weight excluding hydrogens is 268 g/mol. The molecule has 1 aromatic carbocycles. The minimum Gasteiger partial charge on any atom is -0.497 e. The van der Waals surface area contributed by atoms with Crippen LogP contribution in [0.2, 0.25) is 0 Å². The number of carbonyl (C=O) groups excluding carboxylic acids is 1. The first-order chi connectivity index (χ1) is 10.2. The van der Waals surface area contributed by atoms with E-state index in [9.17, 15) is 4.79 Å². The van der Waals surface area contributed by atoms with Crippen LogP contribution < -0.4 is 15.8 Å². The number of amides is 1. The van der Waals surface area contributed by atoms with Gasteiger partial charge < -0.3 is 20.2 Å². The predicted octanol–water partition coefficient (Wildman–Crippen LogP) is 1.84. The fraction of sp³-hybridized carbons (Fsp3) is 0.438. The van der Waals surface area contributed by atoms with Crippen molar-refractivity contribution in [2.45, 2.75) is 25.3 Å². The van der Waals surface area contributed by atoms with E-state index >= 15 is 0 Å². The van der Waals surface area contributed by atoms with E-state index in [-0.39, 0.29) is 11.9 Å². The van der Waals surface area contributed by atoms with E-state index in [1.165, 1.54) is 12.8 Å². The maximum Gasteiger partial charge on any atom is 0.224 e. The SMILES string of the molecule is COc1ccc2c(CC(=O)NCC(N)C3CC3)coc2c1. The molecule has 0 bridgehead atoms. The fourth-order valence-electron chi connectivity index (χ4n) is 2.49. The minimum absolute atomic E-state index is 0.0235. The van der Waals surface area contributed by atoms with Gasteiger partial charge >= 0.3 is 0 Å². The minimum atomic E-state index is -0.0235. The molecule has 0 spiro atoms. The van der Waals surface area contributed by atoms with Crippen LogP contribution in [0.3, 0.4) is 0 Å². The average molecular weight is 288 g/mol. The van der Waals surface area contributed by atoms with Crippen molar-refractivity contribution in [2.75, 3.05) is 13.7 Å². The highest BCUT2D eigenvalue weighted by molar-refractivity contribution is 5.88. The summed E-state index contributed by atoms with van der Waals surface area (Å²) in [6.07, 6.45) is 4.30. The van der Waals surface area contributed by atoms with Gasteiger partial charge in [-0.05, 0) is 30.9 Å². The summed E-state index contributed by atoms with van der Waals surface area (Å²) in [5.74, 6) is 1.31. The maximum atomic E-state index is 12.0. The highest BCUT2D eigenvalue weighted by Gasteiger charge is 2.28. The van der Waals surface area contributed by atoms with Crippen LogP contribution >= 0.6 is 0 Å². The zero-order chi connectivity index (χ0) is 14.8. The van der Waals surface area contributed by atoms with Gasteiger partial charge in [0.1, 0.15) is 11.3 Å². The number of nitrogens with two attached hydrogens (primary N) is 1. The monoisotopic (exact) mass is 288 g/mol. The van der Waals surface area contributed by atoms with Gasteiger partial charge in [0.15, 0.2) is 0 Å². The van der Waals surface area contributed by atoms with Gasteiger partial charge in [0.25, 0.3) is 0 Å². The summed E-state index contributed by atoms with van der Waals surface area (Å²) < 4.78 is 10.6. The van der Waals surface area contributed by atoms with Gasteiger partial charge in [-0.25, -0.2) is 0 Å². The number of furan rings is 1. The third kappa shape index (κ3) is 3.19. The predicted molar refractivity (Wildman–Crippen MR) is 80.2 cm³/mol. The molecule has 21 heavy (non-hydrogen) atoms. The van der Waals surface area contributed by atoms with Crippen LogP contribution in [0.15, 0.2) is 28.9 Å². The Morgan fingerprint density at radius 2 is 2.33 bits per heavy atom. The number of methoxy groups -OCH3 is 1. The van der Waals surface area contributed by atoms with Crippen LogP contribution in [0.25, 0.3) is 11.0 Å². The van der Waals surface area contributed by atoms with E-state index < -0.39 is 0 Å². The van der Waals surface area contributed by atoms with Crippen molar-refractivity contribution >= 4 is 16.9 Å². The Morgan fingerprint density at radius 3 is 3.05 bits per heavy atom. The highest BCUT2D eigenvalue weighted by atomic mass is 16.5.